The Morgan fingerprint density at radius 2 is 2.20 bits per heavy atom. The van der Waals surface area contributed by atoms with E-state index in [0.29, 0.717) is 12.5 Å². The van der Waals surface area contributed by atoms with Gasteiger partial charge in [-0.25, -0.2) is 0 Å². The van der Waals surface area contributed by atoms with Gasteiger partial charge >= 0.3 is 0 Å². The summed E-state index contributed by atoms with van der Waals surface area (Å²) in [5.41, 5.74) is 0.949. The Hall–Kier alpha value is -1.44. The fraction of sp³-hybridized carbons (Fsp3) is 0.778. The highest BCUT2D eigenvalue weighted by atomic mass is 16.5. The van der Waals surface area contributed by atoms with Gasteiger partial charge in [0.05, 0.1) is 23.5 Å². The molecule has 0 aliphatic carbocycles. The van der Waals surface area contributed by atoms with E-state index in [0.717, 1.165) is 56.9 Å². The highest BCUT2D eigenvalue weighted by Crippen LogP contribution is 2.39. The standard InChI is InChI=1S/C18H30N4O3/c1-13-10-22(7-6-18(13,24)15-4-8-25-9-5-15)12-17(23)19-16-11-21(3)20-14(16)2/h11,13,15,24H,4-10,12H2,1-3H3,(H,19,23)/t13-,18+/m1/s1. The topological polar surface area (TPSA) is 79.6 Å². The fourth-order valence-corrected chi connectivity index (χ4v) is 4.28. The van der Waals surface area contributed by atoms with Gasteiger partial charge in [-0.15, -0.1) is 0 Å². The van der Waals surface area contributed by atoms with Crippen LogP contribution in [0.4, 0.5) is 5.69 Å². The number of hydrogen-bond donors (Lipinski definition) is 2. The smallest absolute Gasteiger partial charge is 0.238 e. The zero-order valence-electron chi connectivity index (χ0n) is 15.5. The number of aliphatic hydroxyl groups is 1. The molecule has 3 heterocycles. The van der Waals surface area contributed by atoms with Gasteiger partial charge in [0.25, 0.3) is 0 Å². The minimum atomic E-state index is -0.628. The minimum Gasteiger partial charge on any atom is -0.389 e. The quantitative estimate of drug-likeness (QED) is 0.852. The lowest BCUT2D eigenvalue weighted by molar-refractivity contribution is -0.135. The van der Waals surface area contributed by atoms with Gasteiger partial charge in [-0.05, 0) is 38.0 Å². The molecular weight excluding hydrogens is 320 g/mol. The summed E-state index contributed by atoms with van der Waals surface area (Å²) >= 11 is 0. The summed E-state index contributed by atoms with van der Waals surface area (Å²) in [5, 5.41) is 18.4. The van der Waals surface area contributed by atoms with Gasteiger partial charge in [0.1, 0.15) is 0 Å². The molecule has 2 fully saturated rings. The maximum absolute atomic E-state index is 12.3. The molecule has 2 aliphatic rings. The fourth-order valence-electron chi connectivity index (χ4n) is 4.28. The summed E-state index contributed by atoms with van der Waals surface area (Å²) < 4.78 is 7.13. The Kier molecular flexibility index (Phi) is 5.46. The molecule has 1 aromatic rings. The normalized spacial score (nSPS) is 28.9. The van der Waals surface area contributed by atoms with Gasteiger partial charge in [-0.1, -0.05) is 6.92 Å². The minimum absolute atomic E-state index is 0.0280. The van der Waals surface area contributed by atoms with Crippen LogP contribution in [-0.4, -0.2) is 64.1 Å². The first kappa shape index (κ1) is 18.4. The summed E-state index contributed by atoms with van der Waals surface area (Å²) in [6, 6.07) is 0. The number of nitrogens with zero attached hydrogens (tertiary/aromatic N) is 3. The van der Waals surface area contributed by atoms with Crippen LogP contribution >= 0.6 is 0 Å². The average molecular weight is 350 g/mol. The van der Waals surface area contributed by atoms with E-state index in [1.165, 1.54) is 0 Å². The van der Waals surface area contributed by atoms with E-state index in [9.17, 15) is 9.90 Å². The summed E-state index contributed by atoms with van der Waals surface area (Å²) in [4.78, 5) is 14.5. The molecular formula is C18H30N4O3. The van der Waals surface area contributed by atoms with Crippen molar-refractivity contribution in [2.24, 2.45) is 18.9 Å². The number of aromatic nitrogens is 2. The first-order valence-electron chi connectivity index (χ1n) is 9.21. The molecule has 7 nitrogen and oxygen atoms in total. The first-order chi connectivity index (χ1) is 11.9. The molecule has 2 N–H and O–H groups in total. The van der Waals surface area contributed by atoms with Crippen molar-refractivity contribution in [3.05, 3.63) is 11.9 Å². The van der Waals surface area contributed by atoms with Gasteiger partial charge < -0.3 is 15.2 Å². The molecule has 25 heavy (non-hydrogen) atoms. The Balaban J connectivity index is 1.54. The van der Waals surface area contributed by atoms with Gasteiger partial charge in [-0.2, -0.15) is 5.10 Å². The maximum atomic E-state index is 12.3. The molecule has 0 radical (unpaired) electrons. The van der Waals surface area contributed by atoms with Crippen LogP contribution in [0.3, 0.4) is 0 Å². The molecule has 0 unspecified atom stereocenters. The van der Waals surface area contributed by atoms with Crippen LogP contribution in [0.1, 0.15) is 31.9 Å². The van der Waals surface area contributed by atoms with Crippen molar-refractivity contribution in [2.75, 3.05) is 38.2 Å². The molecule has 3 rings (SSSR count). The molecule has 0 saturated carbocycles. The van der Waals surface area contributed by atoms with Crippen molar-refractivity contribution < 1.29 is 14.6 Å². The molecule has 1 aromatic heterocycles. The van der Waals surface area contributed by atoms with Gasteiger partial charge in [0.2, 0.25) is 5.91 Å². The number of carbonyl (C=O) groups is 1. The summed E-state index contributed by atoms with van der Waals surface area (Å²) in [5.74, 6) is 0.433. The van der Waals surface area contributed by atoms with Crippen LogP contribution in [-0.2, 0) is 16.6 Å². The van der Waals surface area contributed by atoms with Crippen molar-refractivity contribution >= 4 is 11.6 Å². The lowest BCUT2D eigenvalue weighted by Crippen LogP contribution is -2.56. The van der Waals surface area contributed by atoms with E-state index < -0.39 is 5.60 Å². The number of piperidine rings is 1. The van der Waals surface area contributed by atoms with Crippen molar-refractivity contribution in [3.8, 4) is 0 Å². The lowest BCUT2D eigenvalue weighted by Gasteiger charge is -2.48. The van der Waals surface area contributed by atoms with Gasteiger partial charge in [0.15, 0.2) is 0 Å². The second-order valence-electron chi connectivity index (χ2n) is 7.61. The van der Waals surface area contributed by atoms with Gasteiger partial charge in [-0.3, -0.25) is 14.4 Å². The number of carbonyl (C=O) groups excluding carboxylic acids is 1. The monoisotopic (exact) mass is 350 g/mol. The Morgan fingerprint density at radius 1 is 1.48 bits per heavy atom. The lowest BCUT2D eigenvalue weighted by atomic mass is 9.70. The largest absolute Gasteiger partial charge is 0.389 e. The van der Waals surface area contributed by atoms with E-state index in [1.54, 1.807) is 4.68 Å². The predicted molar refractivity (Wildman–Crippen MR) is 95.3 cm³/mol. The maximum Gasteiger partial charge on any atom is 0.238 e. The van der Waals surface area contributed by atoms with E-state index in [1.807, 2.05) is 20.2 Å². The molecule has 2 aliphatic heterocycles. The Morgan fingerprint density at radius 3 is 2.80 bits per heavy atom. The number of nitrogens with one attached hydrogen (secondary N) is 1. The third kappa shape index (κ3) is 4.04. The number of anilines is 1. The highest BCUT2D eigenvalue weighted by Gasteiger charge is 2.45. The van der Waals surface area contributed by atoms with Crippen LogP contribution in [0, 0.1) is 18.8 Å². The van der Waals surface area contributed by atoms with Crippen molar-refractivity contribution in [2.45, 2.75) is 38.7 Å². The summed E-state index contributed by atoms with van der Waals surface area (Å²) in [6.07, 6.45) is 4.40. The number of amides is 1. The molecule has 0 spiro atoms. The third-order valence-electron chi connectivity index (χ3n) is 5.80. The van der Waals surface area contributed by atoms with Crippen LogP contribution in [0.5, 0.6) is 0 Å². The summed E-state index contributed by atoms with van der Waals surface area (Å²) in [7, 11) is 1.84. The van der Waals surface area contributed by atoms with E-state index in [-0.39, 0.29) is 11.8 Å². The van der Waals surface area contributed by atoms with Crippen molar-refractivity contribution in [3.63, 3.8) is 0 Å². The molecule has 140 valence electrons. The van der Waals surface area contributed by atoms with Gasteiger partial charge in [0, 0.05) is 39.5 Å². The van der Waals surface area contributed by atoms with E-state index in [4.69, 9.17) is 4.74 Å². The molecule has 0 aromatic carbocycles. The van der Waals surface area contributed by atoms with E-state index >= 15 is 0 Å². The average Bonchev–Trinajstić information content (AvgIpc) is 2.89. The molecule has 2 atom stereocenters. The third-order valence-corrected chi connectivity index (χ3v) is 5.80. The van der Waals surface area contributed by atoms with Crippen LogP contribution in [0.25, 0.3) is 0 Å². The van der Waals surface area contributed by atoms with Crippen LogP contribution in [0.15, 0.2) is 6.20 Å². The number of ether oxygens (including phenoxy) is 1. The Bertz CT molecular complexity index is 611. The van der Waals surface area contributed by atoms with Crippen LogP contribution < -0.4 is 5.32 Å². The zero-order chi connectivity index (χ0) is 18.0. The SMILES string of the molecule is Cc1nn(C)cc1NC(=O)CN1CC[C@@](O)(C2CCOCC2)[C@H](C)C1. The Labute approximate surface area is 149 Å². The van der Waals surface area contributed by atoms with E-state index in [2.05, 4.69) is 22.2 Å². The highest BCUT2D eigenvalue weighted by molar-refractivity contribution is 5.92. The predicted octanol–water partition coefficient (Wildman–Crippen LogP) is 1.17. The number of aryl methyl sites for hydroxylation is 2. The number of hydrogen-bond acceptors (Lipinski definition) is 5. The molecule has 7 heteroatoms. The first-order valence-corrected chi connectivity index (χ1v) is 9.21. The summed E-state index contributed by atoms with van der Waals surface area (Å²) in [6.45, 7) is 7.32. The molecule has 2 saturated heterocycles. The zero-order valence-corrected chi connectivity index (χ0v) is 15.5. The van der Waals surface area contributed by atoms with Crippen LogP contribution in [0.2, 0.25) is 0 Å². The van der Waals surface area contributed by atoms with Crippen molar-refractivity contribution in [1.29, 1.82) is 0 Å². The number of rotatable bonds is 4. The number of likely N-dealkylation sites (tertiary alicyclic amines) is 1. The van der Waals surface area contributed by atoms with Crippen molar-refractivity contribution in [1.82, 2.24) is 14.7 Å². The second kappa shape index (κ2) is 7.43. The molecule has 0 bridgehead atoms. The molecule has 1 amide bonds. The second-order valence-corrected chi connectivity index (χ2v) is 7.61.